The Morgan fingerprint density at radius 3 is 2.79 bits per heavy atom. The lowest BCUT2D eigenvalue weighted by molar-refractivity contribution is -0.117. The summed E-state index contributed by atoms with van der Waals surface area (Å²) in [7, 11) is 0. The quantitative estimate of drug-likeness (QED) is 0.874. The summed E-state index contributed by atoms with van der Waals surface area (Å²) in [6.07, 6.45) is 0.766. The number of nitrogens with one attached hydrogen (secondary N) is 1. The van der Waals surface area contributed by atoms with Gasteiger partial charge in [-0.2, -0.15) is 0 Å². The largest absolute Gasteiger partial charge is 0.379 e. The van der Waals surface area contributed by atoms with Crippen molar-refractivity contribution in [1.29, 1.82) is 0 Å². The molecule has 24 heavy (non-hydrogen) atoms. The molecule has 1 N–H and O–H groups in total. The number of rotatable bonds is 6. The molecule has 1 aromatic heterocycles. The van der Waals surface area contributed by atoms with Crippen LogP contribution in [0.2, 0.25) is 0 Å². The van der Waals surface area contributed by atoms with Crippen molar-refractivity contribution in [3.8, 4) is 0 Å². The lowest BCUT2D eigenvalue weighted by Crippen LogP contribution is -2.35. The zero-order chi connectivity index (χ0) is 16.8. The van der Waals surface area contributed by atoms with Crippen molar-refractivity contribution >= 4 is 22.4 Å². The average Bonchev–Trinajstić information content (AvgIpc) is 3.04. The molecule has 0 bridgehead atoms. The van der Waals surface area contributed by atoms with Crippen molar-refractivity contribution < 1.29 is 9.53 Å². The maximum absolute atomic E-state index is 12.6. The van der Waals surface area contributed by atoms with Gasteiger partial charge in [0.25, 0.3) is 0 Å². The molecule has 0 spiro atoms. The Kier molecular flexibility index (Phi) is 5.96. The summed E-state index contributed by atoms with van der Waals surface area (Å²) in [6, 6.07) is 9.90. The number of hydrogen-bond acceptors (Lipinski definition) is 5. The molecule has 0 unspecified atom stereocenters. The minimum absolute atomic E-state index is 0.0102. The number of carbonyl (C=O) groups excluding carboxylic acids is 1. The minimum Gasteiger partial charge on any atom is -0.379 e. The van der Waals surface area contributed by atoms with Crippen LogP contribution in [0.1, 0.15) is 30.5 Å². The lowest BCUT2D eigenvalue weighted by atomic mass is 9.96. The minimum atomic E-state index is -0.141. The third kappa shape index (κ3) is 4.41. The number of benzene rings is 1. The number of aromatic nitrogens is 1. The van der Waals surface area contributed by atoms with E-state index in [0.29, 0.717) is 5.13 Å². The maximum Gasteiger partial charge on any atom is 0.233 e. The van der Waals surface area contributed by atoms with Crippen LogP contribution in [0.3, 0.4) is 0 Å². The number of morpholine rings is 1. The van der Waals surface area contributed by atoms with Gasteiger partial charge in [-0.3, -0.25) is 9.69 Å². The van der Waals surface area contributed by atoms with Crippen molar-refractivity contribution in [2.75, 3.05) is 31.6 Å². The molecule has 1 aliphatic rings. The van der Waals surface area contributed by atoms with Gasteiger partial charge in [0.15, 0.2) is 5.13 Å². The van der Waals surface area contributed by atoms with E-state index in [9.17, 15) is 4.79 Å². The third-order valence-electron chi connectivity index (χ3n) is 4.20. The van der Waals surface area contributed by atoms with Crippen LogP contribution in [0.15, 0.2) is 35.7 Å². The van der Waals surface area contributed by atoms with Crippen molar-refractivity contribution in [2.45, 2.75) is 25.8 Å². The fourth-order valence-corrected chi connectivity index (χ4v) is 3.58. The number of ether oxygens (including phenoxy) is 1. The van der Waals surface area contributed by atoms with E-state index in [1.165, 1.54) is 11.3 Å². The highest BCUT2D eigenvalue weighted by Crippen LogP contribution is 2.23. The van der Waals surface area contributed by atoms with Crippen molar-refractivity contribution in [3.05, 3.63) is 47.0 Å². The molecular weight excluding hydrogens is 322 g/mol. The number of hydrogen-bond donors (Lipinski definition) is 1. The molecule has 1 aromatic carbocycles. The van der Waals surface area contributed by atoms with Crippen molar-refractivity contribution in [2.24, 2.45) is 0 Å². The van der Waals surface area contributed by atoms with Gasteiger partial charge in [0.2, 0.25) is 5.91 Å². The Bertz CT molecular complexity index is 653. The molecule has 0 saturated carbocycles. The highest BCUT2D eigenvalue weighted by atomic mass is 32.1. The van der Waals surface area contributed by atoms with Crippen LogP contribution in [0.4, 0.5) is 5.13 Å². The Morgan fingerprint density at radius 1 is 1.33 bits per heavy atom. The van der Waals surface area contributed by atoms with Crippen LogP contribution in [0, 0.1) is 0 Å². The summed E-state index contributed by atoms with van der Waals surface area (Å²) in [4.78, 5) is 19.5. The van der Waals surface area contributed by atoms with E-state index in [0.717, 1.165) is 50.5 Å². The predicted molar refractivity (Wildman–Crippen MR) is 96.3 cm³/mol. The van der Waals surface area contributed by atoms with Crippen molar-refractivity contribution in [1.82, 2.24) is 9.88 Å². The molecule has 5 nitrogen and oxygen atoms in total. The molecule has 1 amide bonds. The Balaban J connectivity index is 1.60. The standard InChI is InChI=1S/C18H23N3O2S/c1-2-16(14-6-4-3-5-7-14)17(22)20-18-19-15(13-24-18)12-21-8-10-23-11-9-21/h3-7,13,16H,2,8-12H2,1H3,(H,19,20,22)/t16-/m1/s1. The van der Waals surface area contributed by atoms with Gasteiger partial charge in [-0.05, 0) is 12.0 Å². The maximum atomic E-state index is 12.6. The number of thiazole rings is 1. The smallest absolute Gasteiger partial charge is 0.233 e. The van der Waals surface area contributed by atoms with Gasteiger partial charge in [-0.1, -0.05) is 37.3 Å². The first kappa shape index (κ1) is 17.1. The van der Waals surface area contributed by atoms with E-state index in [4.69, 9.17) is 4.74 Å². The summed E-state index contributed by atoms with van der Waals surface area (Å²) in [6.45, 7) is 6.27. The van der Waals surface area contributed by atoms with Crippen LogP contribution < -0.4 is 5.32 Å². The van der Waals surface area contributed by atoms with Crippen LogP contribution in [-0.2, 0) is 16.1 Å². The van der Waals surface area contributed by atoms with E-state index < -0.39 is 0 Å². The summed E-state index contributed by atoms with van der Waals surface area (Å²) in [5.74, 6) is -0.131. The first-order valence-corrected chi connectivity index (χ1v) is 9.24. The number of nitrogens with zero attached hydrogens (tertiary/aromatic N) is 2. The topological polar surface area (TPSA) is 54.5 Å². The third-order valence-corrected chi connectivity index (χ3v) is 5.00. The zero-order valence-electron chi connectivity index (χ0n) is 13.9. The number of amides is 1. The van der Waals surface area contributed by atoms with E-state index in [2.05, 4.69) is 15.2 Å². The molecule has 6 heteroatoms. The molecule has 2 heterocycles. The van der Waals surface area contributed by atoms with Crippen LogP contribution in [0.5, 0.6) is 0 Å². The highest BCUT2D eigenvalue weighted by Gasteiger charge is 2.20. The normalized spacial score (nSPS) is 16.7. The zero-order valence-corrected chi connectivity index (χ0v) is 14.7. The van der Waals surface area contributed by atoms with Crippen molar-refractivity contribution in [3.63, 3.8) is 0 Å². The highest BCUT2D eigenvalue weighted by molar-refractivity contribution is 7.13. The molecule has 0 aliphatic carbocycles. The number of anilines is 1. The molecule has 128 valence electrons. The van der Waals surface area contributed by atoms with Gasteiger partial charge in [-0.15, -0.1) is 11.3 Å². The second-order valence-electron chi connectivity index (χ2n) is 5.89. The molecule has 1 aliphatic heterocycles. The first-order valence-electron chi connectivity index (χ1n) is 8.36. The molecule has 1 saturated heterocycles. The monoisotopic (exact) mass is 345 g/mol. The summed E-state index contributed by atoms with van der Waals surface area (Å²) in [5, 5.41) is 5.68. The molecule has 0 radical (unpaired) electrons. The number of carbonyl (C=O) groups is 1. The second-order valence-corrected chi connectivity index (χ2v) is 6.75. The fourth-order valence-electron chi connectivity index (χ4n) is 2.88. The Hall–Kier alpha value is -1.76. The van der Waals surface area contributed by atoms with E-state index >= 15 is 0 Å². The molecule has 3 rings (SSSR count). The van der Waals surface area contributed by atoms with Gasteiger partial charge in [0.1, 0.15) is 0 Å². The first-order chi connectivity index (χ1) is 11.8. The predicted octanol–water partition coefficient (Wildman–Crippen LogP) is 3.11. The fraction of sp³-hybridized carbons (Fsp3) is 0.444. The molecule has 1 fully saturated rings. The Labute approximate surface area is 146 Å². The molecule has 2 aromatic rings. The van der Waals surface area contributed by atoms with Crippen LogP contribution >= 0.6 is 11.3 Å². The summed E-state index contributed by atoms with van der Waals surface area (Å²) < 4.78 is 5.36. The van der Waals surface area contributed by atoms with Gasteiger partial charge < -0.3 is 10.1 Å². The van der Waals surface area contributed by atoms with Crippen LogP contribution in [-0.4, -0.2) is 42.1 Å². The SMILES string of the molecule is CC[C@@H](C(=O)Nc1nc(CN2CCOCC2)cs1)c1ccccc1. The van der Waals surface area contributed by atoms with E-state index in [-0.39, 0.29) is 11.8 Å². The second kappa shape index (κ2) is 8.37. The van der Waals surface area contributed by atoms with Gasteiger partial charge in [0.05, 0.1) is 24.8 Å². The van der Waals surface area contributed by atoms with E-state index in [1.54, 1.807) is 0 Å². The molecular formula is C18H23N3O2S. The lowest BCUT2D eigenvalue weighted by Gasteiger charge is -2.25. The summed E-state index contributed by atoms with van der Waals surface area (Å²) >= 11 is 1.49. The van der Waals surface area contributed by atoms with Gasteiger partial charge in [0, 0.05) is 25.0 Å². The van der Waals surface area contributed by atoms with E-state index in [1.807, 2.05) is 42.6 Å². The van der Waals surface area contributed by atoms with Gasteiger partial charge in [-0.25, -0.2) is 4.98 Å². The Morgan fingerprint density at radius 2 is 2.08 bits per heavy atom. The van der Waals surface area contributed by atoms with Gasteiger partial charge >= 0.3 is 0 Å². The van der Waals surface area contributed by atoms with Crippen LogP contribution in [0.25, 0.3) is 0 Å². The average molecular weight is 345 g/mol. The summed E-state index contributed by atoms with van der Waals surface area (Å²) in [5.41, 5.74) is 2.05. The molecule has 1 atom stereocenters.